The summed E-state index contributed by atoms with van der Waals surface area (Å²) in [7, 11) is 0. The van der Waals surface area contributed by atoms with Gasteiger partial charge >= 0.3 is 12.1 Å². The predicted octanol–water partition coefficient (Wildman–Crippen LogP) is 4.99. The third-order valence-electron chi connectivity index (χ3n) is 6.22. The van der Waals surface area contributed by atoms with E-state index >= 15 is 0 Å². The summed E-state index contributed by atoms with van der Waals surface area (Å²) >= 11 is 0. The second-order valence-electron chi connectivity index (χ2n) is 10.7. The van der Waals surface area contributed by atoms with Crippen molar-refractivity contribution in [1.29, 1.82) is 0 Å². The maximum Gasteiger partial charge on any atom is 0.407 e. The molecule has 4 atom stereocenters. The van der Waals surface area contributed by atoms with Gasteiger partial charge in [-0.2, -0.15) is 0 Å². The van der Waals surface area contributed by atoms with Gasteiger partial charge in [0.05, 0.1) is 24.7 Å². The molecule has 0 aliphatic heterocycles. The summed E-state index contributed by atoms with van der Waals surface area (Å²) in [5.41, 5.74) is 1.80. The lowest BCUT2D eigenvalue weighted by molar-refractivity contribution is -0.166. The van der Waals surface area contributed by atoms with Gasteiger partial charge in [0.25, 0.3) is 0 Å². The highest BCUT2D eigenvalue weighted by molar-refractivity contribution is 5.71. The van der Waals surface area contributed by atoms with Crippen LogP contribution < -0.4 is 5.32 Å². The Bertz CT molecular complexity index is 1170. The number of aliphatic hydroxyl groups excluding tert-OH is 1. The Morgan fingerprint density at radius 3 is 1.80 bits per heavy atom. The van der Waals surface area contributed by atoms with Crippen LogP contribution >= 0.6 is 0 Å². The molecule has 0 aliphatic carbocycles. The number of carbonyl (C=O) groups is 2. The van der Waals surface area contributed by atoms with Crippen molar-refractivity contribution in [3.05, 3.63) is 108 Å². The van der Waals surface area contributed by atoms with E-state index in [2.05, 4.69) is 5.32 Å². The molecule has 40 heavy (non-hydrogen) atoms. The molecule has 8 nitrogen and oxygen atoms in total. The molecular formula is C32H39NO7. The largest absolute Gasteiger partial charge is 0.481 e. The molecule has 3 aromatic rings. The number of amides is 1. The van der Waals surface area contributed by atoms with Gasteiger partial charge in [0.15, 0.2) is 0 Å². The zero-order valence-corrected chi connectivity index (χ0v) is 23.2. The van der Waals surface area contributed by atoms with Gasteiger partial charge in [0.1, 0.15) is 18.5 Å². The van der Waals surface area contributed by atoms with Crippen LogP contribution in [0.3, 0.4) is 0 Å². The molecule has 214 valence electrons. The number of aliphatic carboxylic acids is 1. The van der Waals surface area contributed by atoms with E-state index in [1.165, 1.54) is 0 Å². The third-order valence-corrected chi connectivity index (χ3v) is 6.22. The zero-order valence-electron chi connectivity index (χ0n) is 23.2. The summed E-state index contributed by atoms with van der Waals surface area (Å²) in [6.07, 6.45) is -2.98. The van der Waals surface area contributed by atoms with Crippen molar-refractivity contribution in [2.45, 2.75) is 64.1 Å². The summed E-state index contributed by atoms with van der Waals surface area (Å²) < 4.78 is 17.3. The van der Waals surface area contributed by atoms with Gasteiger partial charge in [-0.05, 0) is 50.3 Å². The van der Waals surface area contributed by atoms with Gasteiger partial charge in [-0.3, -0.25) is 4.79 Å². The molecule has 0 heterocycles. The quantitative estimate of drug-likeness (QED) is 0.192. The number of carbonyl (C=O) groups excluding carboxylic acids is 1. The van der Waals surface area contributed by atoms with E-state index in [0.717, 1.165) is 16.7 Å². The summed E-state index contributed by atoms with van der Waals surface area (Å²) in [6.45, 7) is 5.28. The third kappa shape index (κ3) is 10.4. The smallest absolute Gasteiger partial charge is 0.407 e. The number of nitrogens with one attached hydrogen (secondary N) is 1. The SMILES string of the molecule is CC(C)(C)OC(=O)N[C@@H](Cc1ccccc1)[C@@H](OCOCc1ccccc1)[C@@H](O)[C@@H](Cc1ccccc1)C(=O)O. The monoisotopic (exact) mass is 549 g/mol. The molecule has 0 radical (unpaired) electrons. The van der Waals surface area contributed by atoms with E-state index in [-0.39, 0.29) is 26.2 Å². The Balaban J connectivity index is 1.88. The molecule has 0 aliphatic rings. The first-order valence-corrected chi connectivity index (χ1v) is 13.3. The number of carboxylic acid groups (broad SMARTS) is 1. The first-order valence-electron chi connectivity index (χ1n) is 13.3. The average molecular weight is 550 g/mol. The summed E-state index contributed by atoms with van der Waals surface area (Å²) in [6, 6.07) is 27.2. The number of benzene rings is 3. The molecule has 0 saturated heterocycles. The number of rotatable bonds is 14. The second-order valence-corrected chi connectivity index (χ2v) is 10.7. The van der Waals surface area contributed by atoms with Gasteiger partial charge in [0, 0.05) is 0 Å². The van der Waals surface area contributed by atoms with E-state index in [9.17, 15) is 19.8 Å². The minimum atomic E-state index is -1.48. The molecule has 1 amide bonds. The van der Waals surface area contributed by atoms with Crippen molar-refractivity contribution in [3.63, 3.8) is 0 Å². The van der Waals surface area contributed by atoms with Crippen LogP contribution in [0.25, 0.3) is 0 Å². The summed E-state index contributed by atoms with van der Waals surface area (Å²) in [5, 5.41) is 24.5. The molecule has 0 saturated carbocycles. The zero-order chi connectivity index (χ0) is 29.0. The number of carboxylic acids is 1. The van der Waals surface area contributed by atoms with Gasteiger partial charge in [-0.15, -0.1) is 0 Å². The molecule has 0 fully saturated rings. The Kier molecular flexibility index (Phi) is 11.7. The fourth-order valence-electron chi connectivity index (χ4n) is 4.34. The Labute approximate surface area is 235 Å². The van der Waals surface area contributed by atoms with Crippen LogP contribution in [-0.2, 0) is 38.5 Å². The van der Waals surface area contributed by atoms with E-state index in [0.29, 0.717) is 0 Å². The van der Waals surface area contributed by atoms with Crippen LogP contribution in [0.15, 0.2) is 91.0 Å². The number of ether oxygens (including phenoxy) is 3. The standard InChI is InChI=1S/C32H39NO7/c1-32(2,3)40-31(37)33-27(20-24-15-9-5-10-16-24)29(39-22-38-21-25-17-11-6-12-18-25)28(34)26(30(35)36)19-23-13-7-4-8-14-23/h4-18,26-29,34H,19-22H2,1-3H3,(H,33,37)(H,35,36)/t26-,27+,28+,29-/m1/s1. The first kappa shape index (κ1) is 30.8. The molecule has 0 bridgehead atoms. The molecule has 3 rings (SSSR count). The lowest BCUT2D eigenvalue weighted by Gasteiger charge is -2.34. The van der Waals surface area contributed by atoms with Crippen molar-refractivity contribution in [3.8, 4) is 0 Å². The van der Waals surface area contributed by atoms with Crippen molar-refractivity contribution in [2.24, 2.45) is 5.92 Å². The maximum absolute atomic E-state index is 12.9. The van der Waals surface area contributed by atoms with Crippen molar-refractivity contribution >= 4 is 12.1 Å². The molecule has 3 aromatic carbocycles. The van der Waals surface area contributed by atoms with Crippen molar-refractivity contribution < 1.29 is 34.0 Å². The van der Waals surface area contributed by atoms with E-state index in [1.54, 1.807) is 20.8 Å². The number of hydrogen-bond donors (Lipinski definition) is 3. The average Bonchev–Trinajstić information content (AvgIpc) is 2.91. The summed E-state index contributed by atoms with van der Waals surface area (Å²) in [4.78, 5) is 25.3. The fourth-order valence-corrected chi connectivity index (χ4v) is 4.34. The van der Waals surface area contributed by atoms with E-state index < -0.39 is 41.8 Å². The lowest BCUT2D eigenvalue weighted by atomic mass is 9.86. The highest BCUT2D eigenvalue weighted by Crippen LogP contribution is 2.22. The van der Waals surface area contributed by atoms with Crippen LogP contribution in [0.2, 0.25) is 0 Å². The van der Waals surface area contributed by atoms with Gasteiger partial charge in [-0.25, -0.2) is 4.79 Å². The molecule has 3 N–H and O–H groups in total. The normalized spacial score (nSPS) is 14.5. The van der Waals surface area contributed by atoms with E-state index in [1.807, 2.05) is 91.0 Å². The highest BCUT2D eigenvalue weighted by Gasteiger charge is 2.39. The molecule has 0 aromatic heterocycles. The van der Waals surface area contributed by atoms with Crippen molar-refractivity contribution in [1.82, 2.24) is 5.32 Å². The lowest BCUT2D eigenvalue weighted by Crippen LogP contribution is -2.55. The topological polar surface area (TPSA) is 114 Å². The van der Waals surface area contributed by atoms with Crippen LogP contribution in [0.5, 0.6) is 0 Å². The van der Waals surface area contributed by atoms with Gasteiger partial charge < -0.3 is 29.7 Å². The van der Waals surface area contributed by atoms with Crippen LogP contribution in [0, 0.1) is 5.92 Å². The van der Waals surface area contributed by atoms with Gasteiger partial charge in [-0.1, -0.05) is 91.0 Å². The van der Waals surface area contributed by atoms with Crippen molar-refractivity contribution in [2.75, 3.05) is 6.79 Å². The molecule has 0 spiro atoms. The van der Waals surface area contributed by atoms with Crippen LogP contribution in [0.1, 0.15) is 37.5 Å². The number of alkyl carbamates (subject to hydrolysis) is 1. The number of aliphatic hydroxyl groups is 1. The first-order chi connectivity index (χ1) is 19.1. The minimum absolute atomic E-state index is 0.0760. The summed E-state index contributed by atoms with van der Waals surface area (Å²) in [5.74, 6) is -2.38. The molecular weight excluding hydrogens is 510 g/mol. The second kappa shape index (κ2) is 15.2. The molecule has 8 heteroatoms. The van der Waals surface area contributed by atoms with Gasteiger partial charge in [0.2, 0.25) is 0 Å². The van der Waals surface area contributed by atoms with E-state index in [4.69, 9.17) is 14.2 Å². The maximum atomic E-state index is 12.9. The fraction of sp³-hybridized carbons (Fsp3) is 0.375. The highest BCUT2D eigenvalue weighted by atomic mass is 16.7. The predicted molar refractivity (Wildman–Crippen MR) is 152 cm³/mol. The Hall–Kier alpha value is -3.72. The minimum Gasteiger partial charge on any atom is -0.481 e. The Morgan fingerprint density at radius 1 is 0.800 bits per heavy atom. The Morgan fingerprint density at radius 2 is 1.30 bits per heavy atom. The number of hydrogen-bond acceptors (Lipinski definition) is 6. The molecule has 0 unspecified atom stereocenters. The van der Waals surface area contributed by atoms with Crippen LogP contribution in [0.4, 0.5) is 4.79 Å². The van der Waals surface area contributed by atoms with Crippen LogP contribution in [-0.4, -0.2) is 52.9 Å².